The zero-order valence-corrected chi connectivity index (χ0v) is 13.9. The first kappa shape index (κ1) is 14.9. The van der Waals surface area contributed by atoms with Crippen LogP contribution in [0.2, 0.25) is 0 Å². The molecule has 0 spiro atoms. The van der Waals surface area contributed by atoms with Gasteiger partial charge in [0.25, 0.3) is 5.91 Å². The molecule has 1 aromatic heterocycles. The van der Waals surface area contributed by atoms with Gasteiger partial charge in [0.2, 0.25) is 10.1 Å². The van der Waals surface area contributed by atoms with Crippen LogP contribution in [-0.2, 0) is 0 Å². The van der Waals surface area contributed by atoms with E-state index >= 15 is 0 Å². The van der Waals surface area contributed by atoms with Gasteiger partial charge < -0.3 is 10.6 Å². The Labute approximate surface area is 129 Å². The van der Waals surface area contributed by atoms with Crippen LogP contribution >= 0.6 is 27.3 Å². The van der Waals surface area contributed by atoms with Gasteiger partial charge >= 0.3 is 0 Å². The summed E-state index contributed by atoms with van der Waals surface area (Å²) in [7, 11) is 0. The van der Waals surface area contributed by atoms with E-state index in [4.69, 9.17) is 0 Å². The van der Waals surface area contributed by atoms with Crippen molar-refractivity contribution >= 4 is 44.0 Å². The summed E-state index contributed by atoms with van der Waals surface area (Å²) in [4.78, 5) is 12.2. The standard InChI is InChI=1S/C13H15BrN4OS/c1-4-15-13-18-17-12(20-13)11(19)16-10-7(2)5-9(14)6-8(10)3/h5-6H,4H2,1-3H3,(H,15,18)(H,16,19). The fraction of sp³-hybridized carbons (Fsp3) is 0.308. The second kappa shape index (κ2) is 6.32. The smallest absolute Gasteiger partial charge is 0.286 e. The highest BCUT2D eigenvalue weighted by Crippen LogP contribution is 2.26. The van der Waals surface area contributed by atoms with Crippen molar-refractivity contribution in [2.45, 2.75) is 20.8 Å². The third-order valence-corrected chi connectivity index (χ3v) is 4.02. The largest absolute Gasteiger partial charge is 0.360 e. The summed E-state index contributed by atoms with van der Waals surface area (Å²) in [5.74, 6) is -0.236. The Hall–Kier alpha value is -1.47. The van der Waals surface area contributed by atoms with Gasteiger partial charge in [0.15, 0.2) is 0 Å². The number of hydrogen-bond acceptors (Lipinski definition) is 5. The molecular weight excluding hydrogens is 340 g/mol. The van der Waals surface area contributed by atoms with Gasteiger partial charge in [0.05, 0.1) is 0 Å². The zero-order valence-electron chi connectivity index (χ0n) is 11.5. The second-order valence-electron chi connectivity index (χ2n) is 4.31. The van der Waals surface area contributed by atoms with E-state index in [9.17, 15) is 4.79 Å². The van der Waals surface area contributed by atoms with Crippen LogP contribution in [0, 0.1) is 13.8 Å². The van der Waals surface area contributed by atoms with Gasteiger partial charge in [-0.2, -0.15) is 0 Å². The Morgan fingerprint density at radius 1 is 1.30 bits per heavy atom. The van der Waals surface area contributed by atoms with Crippen LogP contribution in [0.25, 0.3) is 0 Å². The molecule has 2 rings (SSSR count). The molecule has 0 aliphatic carbocycles. The quantitative estimate of drug-likeness (QED) is 0.879. The van der Waals surface area contributed by atoms with E-state index in [2.05, 4.69) is 36.8 Å². The number of carbonyl (C=O) groups is 1. The molecule has 106 valence electrons. The van der Waals surface area contributed by atoms with E-state index < -0.39 is 0 Å². The van der Waals surface area contributed by atoms with E-state index in [1.807, 2.05) is 32.9 Å². The monoisotopic (exact) mass is 354 g/mol. The van der Waals surface area contributed by atoms with Gasteiger partial charge in [0.1, 0.15) is 0 Å². The number of hydrogen-bond donors (Lipinski definition) is 2. The van der Waals surface area contributed by atoms with Gasteiger partial charge in [-0.25, -0.2) is 0 Å². The first-order chi connectivity index (χ1) is 9.51. The Morgan fingerprint density at radius 2 is 1.95 bits per heavy atom. The molecule has 5 nitrogen and oxygen atoms in total. The maximum Gasteiger partial charge on any atom is 0.286 e. The zero-order chi connectivity index (χ0) is 14.7. The Kier molecular flexibility index (Phi) is 4.72. The van der Waals surface area contributed by atoms with Crippen molar-refractivity contribution in [3.8, 4) is 0 Å². The number of amides is 1. The molecular formula is C13H15BrN4OS. The predicted octanol–water partition coefficient (Wildman–Crippen LogP) is 3.60. The molecule has 0 aliphatic rings. The maximum absolute atomic E-state index is 12.2. The lowest BCUT2D eigenvalue weighted by atomic mass is 10.1. The highest BCUT2D eigenvalue weighted by molar-refractivity contribution is 9.10. The third-order valence-electron chi connectivity index (χ3n) is 2.68. The Balaban J connectivity index is 2.19. The van der Waals surface area contributed by atoms with Crippen LogP contribution < -0.4 is 10.6 Å². The molecule has 0 saturated carbocycles. The van der Waals surface area contributed by atoms with Gasteiger partial charge in [-0.3, -0.25) is 4.79 Å². The van der Waals surface area contributed by atoms with Crippen molar-refractivity contribution in [2.75, 3.05) is 17.2 Å². The summed E-state index contributed by atoms with van der Waals surface area (Å²) in [5, 5.41) is 14.7. The first-order valence-electron chi connectivity index (χ1n) is 6.16. The molecule has 1 amide bonds. The second-order valence-corrected chi connectivity index (χ2v) is 6.20. The summed E-state index contributed by atoms with van der Waals surface area (Å²) in [5.41, 5.74) is 2.82. The van der Waals surface area contributed by atoms with E-state index in [1.165, 1.54) is 11.3 Å². The van der Waals surface area contributed by atoms with Crippen molar-refractivity contribution < 1.29 is 4.79 Å². The minimum atomic E-state index is -0.236. The minimum absolute atomic E-state index is 0.236. The topological polar surface area (TPSA) is 66.9 Å². The van der Waals surface area contributed by atoms with Crippen LogP contribution in [0.5, 0.6) is 0 Å². The SMILES string of the molecule is CCNc1nnc(C(=O)Nc2c(C)cc(Br)cc2C)s1. The molecule has 0 atom stereocenters. The molecule has 1 heterocycles. The van der Waals surface area contributed by atoms with E-state index in [0.29, 0.717) is 10.1 Å². The van der Waals surface area contributed by atoms with E-state index in [0.717, 1.165) is 27.8 Å². The average molecular weight is 355 g/mol. The molecule has 0 saturated heterocycles. The Bertz CT molecular complexity index is 618. The molecule has 0 bridgehead atoms. The molecule has 2 N–H and O–H groups in total. The van der Waals surface area contributed by atoms with Crippen molar-refractivity contribution in [3.63, 3.8) is 0 Å². The molecule has 0 radical (unpaired) electrons. The third kappa shape index (κ3) is 3.34. The van der Waals surface area contributed by atoms with Crippen molar-refractivity contribution in [2.24, 2.45) is 0 Å². The molecule has 1 aromatic carbocycles. The fourth-order valence-electron chi connectivity index (χ4n) is 1.81. The summed E-state index contributed by atoms with van der Waals surface area (Å²) in [6, 6.07) is 3.93. The van der Waals surface area contributed by atoms with Gasteiger partial charge in [-0.15, -0.1) is 10.2 Å². The molecule has 7 heteroatoms. The normalized spacial score (nSPS) is 10.4. The number of anilines is 2. The van der Waals surface area contributed by atoms with Crippen LogP contribution in [0.1, 0.15) is 27.9 Å². The van der Waals surface area contributed by atoms with Gasteiger partial charge in [-0.1, -0.05) is 27.3 Å². The number of nitrogens with zero attached hydrogens (tertiary/aromatic N) is 2. The number of carbonyl (C=O) groups excluding carboxylic acids is 1. The minimum Gasteiger partial charge on any atom is -0.360 e. The molecule has 0 unspecified atom stereocenters. The fourth-order valence-corrected chi connectivity index (χ4v) is 3.21. The summed E-state index contributed by atoms with van der Waals surface area (Å²) in [6.07, 6.45) is 0. The molecule has 0 aliphatic heterocycles. The van der Waals surface area contributed by atoms with Crippen molar-refractivity contribution in [3.05, 3.63) is 32.7 Å². The van der Waals surface area contributed by atoms with Crippen molar-refractivity contribution in [1.82, 2.24) is 10.2 Å². The number of nitrogens with one attached hydrogen (secondary N) is 2. The van der Waals surface area contributed by atoms with Gasteiger partial charge in [0, 0.05) is 16.7 Å². The molecule has 2 aromatic rings. The van der Waals surface area contributed by atoms with Crippen LogP contribution in [0.4, 0.5) is 10.8 Å². The van der Waals surface area contributed by atoms with Gasteiger partial charge in [-0.05, 0) is 44.0 Å². The average Bonchev–Trinajstić information content (AvgIpc) is 2.82. The van der Waals surface area contributed by atoms with E-state index in [1.54, 1.807) is 0 Å². The number of rotatable bonds is 4. The highest BCUT2D eigenvalue weighted by Gasteiger charge is 2.15. The molecule has 20 heavy (non-hydrogen) atoms. The van der Waals surface area contributed by atoms with Crippen LogP contribution in [0.3, 0.4) is 0 Å². The highest BCUT2D eigenvalue weighted by atomic mass is 79.9. The summed E-state index contributed by atoms with van der Waals surface area (Å²) in [6.45, 7) is 6.63. The van der Waals surface area contributed by atoms with E-state index in [-0.39, 0.29) is 5.91 Å². The van der Waals surface area contributed by atoms with Crippen LogP contribution in [0.15, 0.2) is 16.6 Å². The number of aromatic nitrogens is 2. The summed E-state index contributed by atoms with van der Waals surface area (Å²) >= 11 is 4.68. The maximum atomic E-state index is 12.2. The molecule has 0 fully saturated rings. The Morgan fingerprint density at radius 3 is 2.55 bits per heavy atom. The lowest BCUT2D eigenvalue weighted by Gasteiger charge is -2.11. The van der Waals surface area contributed by atoms with Crippen molar-refractivity contribution in [1.29, 1.82) is 0 Å². The predicted molar refractivity (Wildman–Crippen MR) is 85.6 cm³/mol. The van der Waals surface area contributed by atoms with Crippen LogP contribution in [-0.4, -0.2) is 22.6 Å². The lowest BCUT2D eigenvalue weighted by Crippen LogP contribution is -2.13. The lowest BCUT2D eigenvalue weighted by molar-refractivity contribution is 0.102. The number of halogens is 1. The first-order valence-corrected chi connectivity index (χ1v) is 7.77. The number of benzene rings is 1. The summed E-state index contributed by atoms with van der Waals surface area (Å²) < 4.78 is 0.996. The number of aryl methyl sites for hydroxylation is 2.